The number of hydrogen-bond donors (Lipinski definition) is 0. The van der Waals surface area contributed by atoms with Gasteiger partial charge in [-0.15, -0.1) is 0 Å². The first-order chi connectivity index (χ1) is 13.0. The Morgan fingerprint density at radius 3 is 2.37 bits per heavy atom. The maximum atomic E-state index is 12.2. The fourth-order valence-electron chi connectivity index (χ4n) is 3.79. The van der Waals surface area contributed by atoms with Crippen molar-refractivity contribution in [3.63, 3.8) is 0 Å². The summed E-state index contributed by atoms with van der Waals surface area (Å²) in [6, 6.07) is 6.26. The number of carbonyl (C=O) groups excluding carboxylic acids is 3. The summed E-state index contributed by atoms with van der Waals surface area (Å²) in [7, 11) is 0. The second kappa shape index (κ2) is 8.05. The summed E-state index contributed by atoms with van der Waals surface area (Å²) >= 11 is 0. The van der Waals surface area contributed by atoms with Gasteiger partial charge in [0.1, 0.15) is 0 Å². The topological polar surface area (TPSA) is 72.9 Å². The first-order valence-electron chi connectivity index (χ1n) is 9.48. The van der Waals surface area contributed by atoms with Crippen LogP contribution in [0, 0.1) is 5.92 Å². The maximum Gasteiger partial charge on any atom is 0.338 e. The first-order valence-corrected chi connectivity index (χ1v) is 9.48. The highest BCUT2D eigenvalue weighted by Crippen LogP contribution is 2.41. The van der Waals surface area contributed by atoms with E-state index in [0.29, 0.717) is 23.8 Å². The van der Waals surface area contributed by atoms with Gasteiger partial charge in [-0.3, -0.25) is 9.59 Å². The van der Waals surface area contributed by atoms with Crippen LogP contribution in [0.1, 0.15) is 49.9 Å². The second-order valence-electron chi connectivity index (χ2n) is 6.97. The van der Waals surface area contributed by atoms with Gasteiger partial charge in [0.15, 0.2) is 0 Å². The van der Waals surface area contributed by atoms with Crippen LogP contribution in [-0.2, 0) is 19.1 Å². The molecule has 1 fully saturated rings. The molecule has 0 N–H and O–H groups in total. The van der Waals surface area contributed by atoms with Gasteiger partial charge in [0, 0.05) is 18.1 Å². The number of carbonyl (C=O) groups is 3. The molecule has 0 bridgehead atoms. The van der Waals surface area contributed by atoms with Gasteiger partial charge in [0.05, 0.1) is 30.1 Å². The van der Waals surface area contributed by atoms with Crippen molar-refractivity contribution in [2.45, 2.75) is 45.1 Å². The molecular weight excluding hydrogens is 346 g/mol. The smallest absolute Gasteiger partial charge is 0.338 e. The average Bonchev–Trinajstić information content (AvgIpc) is 2.99. The van der Waals surface area contributed by atoms with Crippen LogP contribution in [0.15, 0.2) is 36.4 Å². The molecule has 2 heterocycles. The summed E-state index contributed by atoms with van der Waals surface area (Å²) in [5.74, 6) is -0.588. The Morgan fingerprint density at radius 1 is 1.19 bits per heavy atom. The number of rotatable bonds is 8. The van der Waals surface area contributed by atoms with Gasteiger partial charge in [-0.2, -0.15) is 0 Å². The summed E-state index contributed by atoms with van der Waals surface area (Å²) in [6.07, 6.45) is 6.18. The van der Waals surface area contributed by atoms with Crippen molar-refractivity contribution in [3.8, 4) is 0 Å². The van der Waals surface area contributed by atoms with E-state index in [2.05, 4.69) is 13.8 Å². The Hall–Kier alpha value is -2.47. The SMILES string of the molecule is CCC1COC1(CC)CCCOC(=O)c1ccc(N2C(=O)C=CC2=O)cc1. The lowest BCUT2D eigenvalue weighted by molar-refractivity contribution is -0.211. The predicted molar refractivity (Wildman–Crippen MR) is 100 cm³/mol. The van der Waals surface area contributed by atoms with Gasteiger partial charge in [0.25, 0.3) is 11.8 Å². The van der Waals surface area contributed by atoms with E-state index in [9.17, 15) is 14.4 Å². The predicted octanol–water partition coefficient (Wildman–Crippen LogP) is 3.26. The van der Waals surface area contributed by atoms with Gasteiger partial charge in [-0.1, -0.05) is 13.8 Å². The highest BCUT2D eigenvalue weighted by Gasteiger charge is 2.44. The van der Waals surface area contributed by atoms with E-state index in [4.69, 9.17) is 9.47 Å². The third kappa shape index (κ3) is 3.81. The zero-order valence-electron chi connectivity index (χ0n) is 15.8. The number of hydrogen-bond acceptors (Lipinski definition) is 5. The van der Waals surface area contributed by atoms with Crippen LogP contribution in [0.4, 0.5) is 5.69 Å². The summed E-state index contributed by atoms with van der Waals surface area (Å²) < 4.78 is 11.2. The van der Waals surface area contributed by atoms with Crippen LogP contribution in [0.5, 0.6) is 0 Å². The second-order valence-corrected chi connectivity index (χ2v) is 6.97. The molecule has 2 unspecified atom stereocenters. The van der Waals surface area contributed by atoms with E-state index >= 15 is 0 Å². The molecule has 0 saturated carbocycles. The third-order valence-corrected chi connectivity index (χ3v) is 5.56. The lowest BCUT2D eigenvalue weighted by Gasteiger charge is -2.49. The highest BCUT2D eigenvalue weighted by atomic mass is 16.5. The van der Waals surface area contributed by atoms with Crippen molar-refractivity contribution in [1.29, 1.82) is 0 Å². The van der Waals surface area contributed by atoms with Crippen LogP contribution in [0.2, 0.25) is 0 Å². The molecule has 6 heteroatoms. The molecule has 1 aromatic carbocycles. The van der Waals surface area contributed by atoms with Crippen LogP contribution in [0.3, 0.4) is 0 Å². The molecule has 144 valence electrons. The fraction of sp³-hybridized carbons (Fsp3) is 0.476. The standard InChI is InChI=1S/C21H25NO5/c1-3-16-14-27-21(16,4-2)12-5-13-26-20(25)15-6-8-17(9-7-15)22-18(23)10-11-19(22)24/h6-11,16H,3-5,12-14H2,1-2H3. The maximum absolute atomic E-state index is 12.2. The fourth-order valence-corrected chi connectivity index (χ4v) is 3.79. The molecule has 0 spiro atoms. The lowest BCUT2D eigenvalue weighted by atomic mass is 9.76. The first kappa shape index (κ1) is 19.3. The van der Waals surface area contributed by atoms with E-state index in [0.717, 1.165) is 37.2 Å². The van der Waals surface area contributed by atoms with Crippen LogP contribution >= 0.6 is 0 Å². The van der Waals surface area contributed by atoms with E-state index in [-0.39, 0.29) is 17.4 Å². The number of anilines is 1. The number of benzene rings is 1. The van der Waals surface area contributed by atoms with Gasteiger partial charge >= 0.3 is 5.97 Å². The van der Waals surface area contributed by atoms with Crippen molar-refractivity contribution in [3.05, 3.63) is 42.0 Å². The zero-order valence-corrected chi connectivity index (χ0v) is 15.8. The minimum atomic E-state index is -0.411. The normalized spacial score (nSPS) is 24.2. The molecule has 2 aliphatic rings. The van der Waals surface area contributed by atoms with Crippen molar-refractivity contribution < 1.29 is 23.9 Å². The lowest BCUT2D eigenvalue weighted by Crippen LogP contribution is -2.52. The molecule has 1 saturated heterocycles. The molecule has 6 nitrogen and oxygen atoms in total. The number of nitrogens with zero attached hydrogens (tertiary/aromatic N) is 1. The van der Waals surface area contributed by atoms with Gasteiger partial charge < -0.3 is 9.47 Å². The van der Waals surface area contributed by atoms with Gasteiger partial charge in [0.2, 0.25) is 0 Å². The third-order valence-electron chi connectivity index (χ3n) is 5.56. The Morgan fingerprint density at radius 2 is 1.85 bits per heavy atom. The molecule has 3 rings (SSSR count). The minimum absolute atomic E-state index is 0.0500. The van der Waals surface area contributed by atoms with Gasteiger partial charge in [-0.25, -0.2) is 9.69 Å². The van der Waals surface area contributed by atoms with Crippen LogP contribution in [-0.4, -0.2) is 36.6 Å². The van der Waals surface area contributed by atoms with Gasteiger partial charge in [-0.05, 0) is 49.9 Å². The highest BCUT2D eigenvalue weighted by molar-refractivity contribution is 6.28. The summed E-state index contributed by atoms with van der Waals surface area (Å²) in [5.41, 5.74) is 0.776. The zero-order chi connectivity index (χ0) is 19.4. The van der Waals surface area contributed by atoms with E-state index < -0.39 is 5.97 Å². The Kier molecular flexibility index (Phi) is 5.75. The van der Waals surface area contributed by atoms with Crippen molar-refractivity contribution >= 4 is 23.5 Å². The number of esters is 1. The Bertz CT molecular complexity index is 730. The van der Waals surface area contributed by atoms with Crippen molar-refractivity contribution in [1.82, 2.24) is 0 Å². The van der Waals surface area contributed by atoms with Crippen LogP contribution < -0.4 is 4.90 Å². The number of imide groups is 1. The quantitative estimate of drug-likeness (QED) is 0.398. The van der Waals surface area contributed by atoms with Crippen molar-refractivity contribution in [2.75, 3.05) is 18.1 Å². The molecule has 1 aromatic rings. The number of ether oxygens (including phenoxy) is 2. The van der Waals surface area contributed by atoms with Crippen molar-refractivity contribution in [2.24, 2.45) is 5.92 Å². The number of amides is 2. The largest absolute Gasteiger partial charge is 0.462 e. The summed E-state index contributed by atoms with van der Waals surface area (Å²) in [4.78, 5) is 36.6. The minimum Gasteiger partial charge on any atom is -0.462 e. The van der Waals surface area contributed by atoms with E-state index in [1.807, 2.05) is 0 Å². The Balaban J connectivity index is 1.49. The monoisotopic (exact) mass is 371 g/mol. The summed E-state index contributed by atoms with van der Waals surface area (Å²) in [5, 5.41) is 0. The van der Waals surface area contributed by atoms with E-state index in [1.165, 1.54) is 12.2 Å². The molecule has 0 aromatic heterocycles. The molecular formula is C21H25NO5. The molecule has 2 amide bonds. The summed E-state index contributed by atoms with van der Waals surface area (Å²) in [6.45, 7) is 5.49. The molecule has 2 aliphatic heterocycles. The molecule has 2 atom stereocenters. The molecule has 0 radical (unpaired) electrons. The van der Waals surface area contributed by atoms with Crippen LogP contribution in [0.25, 0.3) is 0 Å². The average molecular weight is 371 g/mol. The Labute approximate surface area is 159 Å². The molecule has 27 heavy (non-hydrogen) atoms. The van der Waals surface area contributed by atoms with E-state index in [1.54, 1.807) is 24.3 Å². The molecule has 0 aliphatic carbocycles.